The average Bonchev–Trinajstić information content (AvgIpc) is 2.40. The second-order valence-corrected chi connectivity index (χ2v) is 5.95. The highest BCUT2D eigenvalue weighted by Crippen LogP contribution is 2.32. The first-order chi connectivity index (χ1) is 8.75. The first-order valence-electron chi connectivity index (χ1n) is 7.60. The molecule has 1 aromatic rings. The van der Waals surface area contributed by atoms with Crippen LogP contribution in [0.1, 0.15) is 68.9 Å². The number of benzene rings is 1. The molecular weight excluding hydrogens is 218 g/mol. The minimum atomic E-state index is 0.339. The van der Waals surface area contributed by atoms with Crippen LogP contribution in [0.15, 0.2) is 24.3 Å². The molecule has 1 aliphatic carbocycles. The predicted octanol–water partition coefficient (Wildman–Crippen LogP) is 4.40. The normalized spacial score (nSPS) is 18.8. The fourth-order valence-corrected chi connectivity index (χ4v) is 3.02. The molecule has 2 rings (SSSR count). The summed E-state index contributed by atoms with van der Waals surface area (Å²) >= 11 is 0. The molecule has 18 heavy (non-hydrogen) atoms. The zero-order valence-corrected chi connectivity index (χ0v) is 11.7. The first-order valence-corrected chi connectivity index (χ1v) is 7.60. The minimum Gasteiger partial charge on any atom is -0.328 e. The Bertz CT molecular complexity index is 333. The number of nitrogens with two attached hydrogens (primary N) is 1. The van der Waals surface area contributed by atoms with Crippen molar-refractivity contribution in [2.24, 2.45) is 5.73 Å². The molecule has 0 saturated heterocycles. The smallest absolute Gasteiger partial charge is 0.00105 e. The molecule has 1 unspecified atom stereocenters. The van der Waals surface area contributed by atoms with Crippen LogP contribution in [-0.2, 0) is 6.42 Å². The Hall–Kier alpha value is -0.820. The summed E-state index contributed by atoms with van der Waals surface area (Å²) in [7, 11) is 0. The van der Waals surface area contributed by atoms with Crippen LogP contribution < -0.4 is 5.73 Å². The molecule has 1 aliphatic rings. The second kappa shape index (κ2) is 6.94. The third-order valence-corrected chi connectivity index (χ3v) is 4.18. The van der Waals surface area contributed by atoms with Gasteiger partial charge in [-0.2, -0.15) is 0 Å². The van der Waals surface area contributed by atoms with E-state index in [1.54, 1.807) is 5.56 Å². The lowest BCUT2D eigenvalue weighted by molar-refractivity contribution is 0.443. The molecule has 100 valence electrons. The standard InChI is InChI=1S/C17H27N/c1-14(18)6-5-7-15-10-12-17(13-11-15)16-8-3-2-4-9-16/h10-14,16H,2-9,18H2,1H3. The van der Waals surface area contributed by atoms with Crippen molar-refractivity contribution in [1.29, 1.82) is 0 Å². The SMILES string of the molecule is CC(N)CCCc1ccc(C2CCCCC2)cc1. The Morgan fingerprint density at radius 1 is 1.11 bits per heavy atom. The molecule has 1 aromatic carbocycles. The van der Waals surface area contributed by atoms with E-state index in [0.29, 0.717) is 6.04 Å². The second-order valence-electron chi connectivity index (χ2n) is 5.95. The first kappa shape index (κ1) is 13.6. The van der Waals surface area contributed by atoms with E-state index in [0.717, 1.165) is 12.3 Å². The van der Waals surface area contributed by atoms with Crippen molar-refractivity contribution in [1.82, 2.24) is 0 Å². The molecule has 0 bridgehead atoms. The molecule has 0 aromatic heterocycles. The van der Waals surface area contributed by atoms with Crippen molar-refractivity contribution in [2.45, 2.75) is 70.3 Å². The van der Waals surface area contributed by atoms with Gasteiger partial charge >= 0.3 is 0 Å². The van der Waals surface area contributed by atoms with Gasteiger partial charge in [0.25, 0.3) is 0 Å². The maximum absolute atomic E-state index is 5.78. The lowest BCUT2D eigenvalue weighted by atomic mass is 9.84. The Morgan fingerprint density at radius 3 is 2.39 bits per heavy atom. The van der Waals surface area contributed by atoms with Crippen molar-refractivity contribution in [2.75, 3.05) is 0 Å². The maximum atomic E-state index is 5.78. The van der Waals surface area contributed by atoms with Crippen molar-refractivity contribution in [3.05, 3.63) is 35.4 Å². The molecule has 1 heteroatoms. The van der Waals surface area contributed by atoms with Crippen LogP contribution in [0.2, 0.25) is 0 Å². The summed E-state index contributed by atoms with van der Waals surface area (Å²) in [6.07, 6.45) is 10.6. The van der Waals surface area contributed by atoms with E-state index in [-0.39, 0.29) is 0 Å². The van der Waals surface area contributed by atoms with Crippen LogP contribution in [0.3, 0.4) is 0 Å². The fraction of sp³-hybridized carbons (Fsp3) is 0.647. The summed E-state index contributed by atoms with van der Waals surface area (Å²) in [6.45, 7) is 2.09. The number of hydrogen-bond acceptors (Lipinski definition) is 1. The maximum Gasteiger partial charge on any atom is 0.00105 e. The lowest BCUT2D eigenvalue weighted by Crippen LogP contribution is -2.14. The van der Waals surface area contributed by atoms with Crippen LogP contribution in [0.25, 0.3) is 0 Å². The van der Waals surface area contributed by atoms with Gasteiger partial charge in [0.1, 0.15) is 0 Å². The summed E-state index contributed by atoms with van der Waals surface area (Å²) in [5.74, 6) is 0.830. The van der Waals surface area contributed by atoms with Gasteiger partial charge in [-0.15, -0.1) is 0 Å². The Morgan fingerprint density at radius 2 is 1.78 bits per heavy atom. The Labute approximate surface area is 112 Å². The molecule has 0 radical (unpaired) electrons. The Kier molecular flexibility index (Phi) is 5.25. The van der Waals surface area contributed by atoms with E-state index >= 15 is 0 Å². The van der Waals surface area contributed by atoms with Crippen LogP contribution >= 0.6 is 0 Å². The molecule has 0 amide bonds. The average molecular weight is 245 g/mol. The highest BCUT2D eigenvalue weighted by molar-refractivity contribution is 5.25. The van der Waals surface area contributed by atoms with E-state index in [4.69, 9.17) is 5.73 Å². The largest absolute Gasteiger partial charge is 0.328 e. The molecule has 1 saturated carbocycles. The van der Waals surface area contributed by atoms with Gasteiger partial charge in [0.2, 0.25) is 0 Å². The molecule has 2 N–H and O–H groups in total. The molecule has 1 atom stereocenters. The van der Waals surface area contributed by atoms with Crippen LogP contribution in [0.5, 0.6) is 0 Å². The molecule has 1 nitrogen and oxygen atoms in total. The van der Waals surface area contributed by atoms with Gasteiger partial charge in [0.05, 0.1) is 0 Å². The van der Waals surface area contributed by atoms with E-state index < -0.39 is 0 Å². The monoisotopic (exact) mass is 245 g/mol. The van der Waals surface area contributed by atoms with Crippen molar-refractivity contribution in [3.8, 4) is 0 Å². The molecule has 0 aliphatic heterocycles. The third-order valence-electron chi connectivity index (χ3n) is 4.18. The van der Waals surface area contributed by atoms with E-state index in [1.807, 2.05) is 0 Å². The number of rotatable bonds is 5. The molecule has 0 heterocycles. The van der Waals surface area contributed by atoms with Gasteiger partial charge in [-0.3, -0.25) is 0 Å². The van der Waals surface area contributed by atoms with Gasteiger partial charge in [-0.25, -0.2) is 0 Å². The highest BCUT2D eigenvalue weighted by Gasteiger charge is 2.14. The number of aryl methyl sites for hydroxylation is 1. The highest BCUT2D eigenvalue weighted by atomic mass is 14.6. The number of hydrogen-bond donors (Lipinski definition) is 1. The van der Waals surface area contributed by atoms with Crippen molar-refractivity contribution in [3.63, 3.8) is 0 Å². The van der Waals surface area contributed by atoms with Gasteiger partial charge in [0, 0.05) is 6.04 Å². The van der Waals surface area contributed by atoms with E-state index in [2.05, 4.69) is 31.2 Å². The lowest BCUT2D eigenvalue weighted by Gasteiger charge is -2.22. The Balaban J connectivity index is 1.84. The van der Waals surface area contributed by atoms with Gasteiger partial charge in [-0.05, 0) is 56.1 Å². The van der Waals surface area contributed by atoms with Crippen LogP contribution in [0.4, 0.5) is 0 Å². The predicted molar refractivity (Wildman–Crippen MR) is 78.9 cm³/mol. The van der Waals surface area contributed by atoms with Gasteiger partial charge < -0.3 is 5.73 Å². The zero-order chi connectivity index (χ0) is 12.8. The van der Waals surface area contributed by atoms with E-state index in [9.17, 15) is 0 Å². The van der Waals surface area contributed by atoms with Crippen molar-refractivity contribution < 1.29 is 0 Å². The van der Waals surface area contributed by atoms with Gasteiger partial charge in [-0.1, -0.05) is 43.5 Å². The van der Waals surface area contributed by atoms with Crippen LogP contribution in [0, 0.1) is 0 Å². The van der Waals surface area contributed by atoms with Gasteiger partial charge in [0.15, 0.2) is 0 Å². The zero-order valence-electron chi connectivity index (χ0n) is 11.7. The minimum absolute atomic E-state index is 0.339. The molecule has 0 spiro atoms. The topological polar surface area (TPSA) is 26.0 Å². The van der Waals surface area contributed by atoms with E-state index in [1.165, 1.54) is 50.5 Å². The van der Waals surface area contributed by atoms with Crippen molar-refractivity contribution >= 4 is 0 Å². The molecular formula is C17H27N. The summed E-state index contributed by atoms with van der Waals surface area (Å²) in [6, 6.07) is 9.71. The fourth-order valence-electron chi connectivity index (χ4n) is 3.02. The summed E-state index contributed by atoms with van der Waals surface area (Å²) in [4.78, 5) is 0. The summed E-state index contributed by atoms with van der Waals surface area (Å²) in [5, 5.41) is 0. The third kappa shape index (κ3) is 4.13. The molecule has 1 fully saturated rings. The summed E-state index contributed by atoms with van der Waals surface area (Å²) < 4.78 is 0. The quantitative estimate of drug-likeness (QED) is 0.817. The van der Waals surface area contributed by atoms with Crippen LogP contribution in [-0.4, -0.2) is 6.04 Å². The summed E-state index contributed by atoms with van der Waals surface area (Å²) in [5.41, 5.74) is 8.81.